The van der Waals surface area contributed by atoms with Gasteiger partial charge in [0.1, 0.15) is 11.5 Å². The zero-order chi connectivity index (χ0) is 13.7. The number of nitrogens with zero attached hydrogens (tertiary/aromatic N) is 4. The zero-order valence-corrected chi connectivity index (χ0v) is 11.9. The van der Waals surface area contributed by atoms with E-state index in [4.69, 9.17) is 16.3 Å². The van der Waals surface area contributed by atoms with Crippen LogP contribution in [0.3, 0.4) is 0 Å². The van der Waals surface area contributed by atoms with Gasteiger partial charge in [-0.2, -0.15) is 5.10 Å². The number of rotatable bonds is 6. The fourth-order valence-electron chi connectivity index (χ4n) is 1.78. The summed E-state index contributed by atoms with van der Waals surface area (Å²) in [4.78, 5) is 8.14. The topological polar surface area (TPSA) is 52.8 Å². The maximum atomic E-state index is 6.08. The molecule has 0 fully saturated rings. The number of ether oxygens (including phenoxy) is 1. The molecule has 0 amide bonds. The maximum Gasteiger partial charge on any atom is 0.227 e. The Morgan fingerprint density at radius 1 is 1.26 bits per heavy atom. The largest absolute Gasteiger partial charge is 0.435 e. The number of halogens is 1. The Labute approximate surface area is 117 Å². The third kappa shape index (κ3) is 3.44. The van der Waals surface area contributed by atoms with E-state index >= 15 is 0 Å². The zero-order valence-electron chi connectivity index (χ0n) is 11.1. The van der Waals surface area contributed by atoms with Crippen LogP contribution < -0.4 is 4.74 Å². The highest BCUT2D eigenvalue weighted by atomic mass is 35.5. The molecule has 0 atom stereocenters. The van der Waals surface area contributed by atoms with E-state index < -0.39 is 0 Å². The minimum absolute atomic E-state index is 0.452. The summed E-state index contributed by atoms with van der Waals surface area (Å²) in [5.74, 6) is 1.18. The highest BCUT2D eigenvalue weighted by molar-refractivity contribution is 6.30. The molecule has 0 bridgehead atoms. The molecule has 0 spiro atoms. The summed E-state index contributed by atoms with van der Waals surface area (Å²) in [6.07, 6.45) is 7.72. The summed E-state index contributed by atoms with van der Waals surface area (Å²) in [6.45, 7) is 5.05. The van der Waals surface area contributed by atoms with Gasteiger partial charge in [0.15, 0.2) is 5.75 Å². The Kier molecular flexibility index (Phi) is 4.74. The molecular weight excluding hydrogens is 264 g/mol. The van der Waals surface area contributed by atoms with Gasteiger partial charge >= 0.3 is 0 Å². The van der Waals surface area contributed by atoms with Gasteiger partial charge < -0.3 is 4.74 Å². The van der Waals surface area contributed by atoms with Crippen molar-refractivity contribution in [2.45, 2.75) is 39.7 Å². The molecule has 2 aromatic rings. The standard InChI is InChI=1S/C13H17ClN4O/c1-3-5-11-12(14)15-9-16-13(11)19-10-7-17-18(8-10)6-4-2/h7-9H,3-6H2,1-2H3. The van der Waals surface area contributed by atoms with Crippen LogP contribution in [0.15, 0.2) is 18.7 Å². The summed E-state index contributed by atoms with van der Waals surface area (Å²) < 4.78 is 7.60. The van der Waals surface area contributed by atoms with Crippen molar-refractivity contribution in [2.75, 3.05) is 0 Å². The highest BCUT2D eigenvalue weighted by Gasteiger charge is 2.12. The monoisotopic (exact) mass is 280 g/mol. The van der Waals surface area contributed by atoms with Crippen LogP contribution in [0.5, 0.6) is 11.6 Å². The van der Waals surface area contributed by atoms with Crippen LogP contribution in [0.1, 0.15) is 32.3 Å². The van der Waals surface area contributed by atoms with E-state index in [0.717, 1.165) is 31.4 Å². The number of hydrogen-bond acceptors (Lipinski definition) is 4. The van der Waals surface area contributed by atoms with E-state index in [1.165, 1.54) is 6.33 Å². The van der Waals surface area contributed by atoms with Crippen LogP contribution in [-0.4, -0.2) is 19.7 Å². The van der Waals surface area contributed by atoms with E-state index in [1.807, 2.05) is 10.9 Å². The molecule has 0 unspecified atom stereocenters. The van der Waals surface area contributed by atoms with Gasteiger partial charge in [-0.3, -0.25) is 4.68 Å². The maximum absolute atomic E-state index is 6.08. The van der Waals surface area contributed by atoms with Gasteiger partial charge in [-0.15, -0.1) is 0 Å². The van der Waals surface area contributed by atoms with E-state index in [-0.39, 0.29) is 0 Å². The Morgan fingerprint density at radius 3 is 2.84 bits per heavy atom. The highest BCUT2D eigenvalue weighted by Crippen LogP contribution is 2.27. The molecule has 0 aliphatic heterocycles. The smallest absolute Gasteiger partial charge is 0.227 e. The van der Waals surface area contributed by atoms with Crippen molar-refractivity contribution in [2.24, 2.45) is 0 Å². The van der Waals surface area contributed by atoms with Crippen LogP contribution in [-0.2, 0) is 13.0 Å². The van der Waals surface area contributed by atoms with Gasteiger partial charge in [-0.1, -0.05) is 31.9 Å². The van der Waals surface area contributed by atoms with Crippen molar-refractivity contribution < 1.29 is 4.74 Å². The molecule has 0 saturated carbocycles. The molecule has 6 heteroatoms. The normalized spacial score (nSPS) is 10.7. The van der Waals surface area contributed by atoms with Gasteiger partial charge in [-0.05, 0) is 12.8 Å². The lowest BCUT2D eigenvalue weighted by Crippen LogP contribution is -1.98. The van der Waals surface area contributed by atoms with Gasteiger partial charge in [0.2, 0.25) is 5.88 Å². The molecular formula is C13H17ClN4O. The predicted molar refractivity (Wildman–Crippen MR) is 73.6 cm³/mol. The second kappa shape index (κ2) is 6.52. The van der Waals surface area contributed by atoms with Crippen molar-refractivity contribution >= 4 is 11.6 Å². The van der Waals surface area contributed by atoms with Crippen molar-refractivity contribution in [1.82, 2.24) is 19.7 Å². The lowest BCUT2D eigenvalue weighted by molar-refractivity contribution is 0.452. The minimum atomic E-state index is 0.452. The van der Waals surface area contributed by atoms with Gasteiger partial charge in [0.05, 0.1) is 18.0 Å². The second-order valence-corrected chi connectivity index (χ2v) is 4.60. The van der Waals surface area contributed by atoms with Crippen molar-refractivity contribution in [1.29, 1.82) is 0 Å². The molecule has 5 nitrogen and oxygen atoms in total. The van der Waals surface area contributed by atoms with Gasteiger partial charge in [0, 0.05) is 6.54 Å². The summed E-state index contributed by atoms with van der Waals surface area (Å²) >= 11 is 6.08. The Hall–Kier alpha value is -1.62. The first-order chi connectivity index (χ1) is 9.24. The molecule has 2 aromatic heterocycles. The predicted octanol–water partition coefficient (Wildman–Crippen LogP) is 3.48. The molecule has 0 radical (unpaired) electrons. The molecule has 19 heavy (non-hydrogen) atoms. The summed E-state index contributed by atoms with van der Waals surface area (Å²) in [7, 11) is 0. The van der Waals surface area contributed by atoms with E-state index in [0.29, 0.717) is 16.8 Å². The summed E-state index contributed by atoms with van der Waals surface area (Å²) in [5, 5.41) is 4.67. The van der Waals surface area contributed by atoms with Crippen molar-refractivity contribution in [3.8, 4) is 11.6 Å². The summed E-state index contributed by atoms with van der Waals surface area (Å²) in [5.41, 5.74) is 0.843. The van der Waals surface area contributed by atoms with Crippen LogP contribution in [0.4, 0.5) is 0 Å². The van der Waals surface area contributed by atoms with Crippen LogP contribution >= 0.6 is 11.6 Å². The first kappa shape index (κ1) is 13.8. The van der Waals surface area contributed by atoms with Crippen LogP contribution in [0.2, 0.25) is 5.15 Å². The van der Waals surface area contributed by atoms with Crippen LogP contribution in [0.25, 0.3) is 0 Å². The Balaban J connectivity index is 2.19. The number of aryl methyl sites for hydroxylation is 1. The first-order valence-corrected chi connectivity index (χ1v) is 6.82. The third-order valence-electron chi connectivity index (χ3n) is 2.63. The van der Waals surface area contributed by atoms with Gasteiger partial charge in [0.25, 0.3) is 0 Å². The van der Waals surface area contributed by atoms with Crippen molar-refractivity contribution in [3.63, 3.8) is 0 Å². The SMILES string of the molecule is CCCc1c(Cl)ncnc1Oc1cnn(CCC)c1. The van der Waals surface area contributed by atoms with Crippen LogP contribution in [0, 0.1) is 0 Å². The number of aromatic nitrogens is 4. The molecule has 2 heterocycles. The third-order valence-corrected chi connectivity index (χ3v) is 2.96. The second-order valence-electron chi connectivity index (χ2n) is 4.24. The fourth-order valence-corrected chi connectivity index (χ4v) is 2.00. The van der Waals surface area contributed by atoms with Gasteiger partial charge in [-0.25, -0.2) is 9.97 Å². The molecule has 0 aliphatic carbocycles. The minimum Gasteiger partial charge on any atom is -0.435 e. The molecule has 0 saturated heterocycles. The summed E-state index contributed by atoms with van der Waals surface area (Å²) in [6, 6.07) is 0. The lowest BCUT2D eigenvalue weighted by atomic mass is 10.2. The van der Waals surface area contributed by atoms with Crippen molar-refractivity contribution in [3.05, 3.63) is 29.4 Å². The molecule has 2 rings (SSSR count). The Bertz CT molecular complexity index is 541. The molecule has 102 valence electrons. The Morgan fingerprint density at radius 2 is 2.11 bits per heavy atom. The van der Waals surface area contributed by atoms with E-state index in [9.17, 15) is 0 Å². The molecule has 0 aromatic carbocycles. The first-order valence-electron chi connectivity index (χ1n) is 6.44. The molecule has 0 aliphatic rings. The average Bonchev–Trinajstić information content (AvgIpc) is 2.82. The average molecular weight is 281 g/mol. The lowest BCUT2D eigenvalue weighted by Gasteiger charge is -2.08. The van der Waals surface area contributed by atoms with E-state index in [1.54, 1.807) is 6.20 Å². The molecule has 0 N–H and O–H groups in total. The number of hydrogen-bond donors (Lipinski definition) is 0. The van der Waals surface area contributed by atoms with E-state index in [2.05, 4.69) is 28.9 Å². The quantitative estimate of drug-likeness (QED) is 0.760. The fraction of sp³-hybridized carbons (Fsp3) is 0.462.